The van der Waals surface area contributed by atoms with Gasteiger partial charge in [0.25, 0.3) is 0 Å². The summed E-state index contributed by atoms with van der Waals surface area (Å²) in [5.74, 6) is -1.68. The molecule has 128 valence electrons. The molecule has 1 aliphatic heterocycles. The minimum absolute atomic E-state index is 0.000929. The molecule has 1 unspecified atom stereocenters. The fraction of sp³-hybridized carbons (Fsp3) is 0.294. The first-order valence-corrected chi connectivity index (χ1v) is 7.71. The van der Waals surface area contributed by atoms with Gasteiger partial charge in [0.15, 0.2) is 0 Å². The summed E-state index contributed by atoms with van der Waals surface area (Å²) in [4.78, 5) is 26.3. The molecule has 1 aromatic carbocycles. The summed E-state index contributed by atoms with van der Waals surface area (Å²) in [7, 11) is 1.49. The van der Waals surface area contributed by atoms with Crippen LogP contribution in [0.15, 0.2) is 47.3 Å². The van der Waals surface area contributed by atoms with E-state index in [0.717, 1.165) is 0 Å². The highest BCUT2D eigenvalue weighted by atomic mass is 35.5. The second kappa shape index (κ2) is 7.05. The Morgan fingerprint density at radius 2 is 2.08 bits per heavy atom. The molecule has 0 aliphatic carbocycles. The molecule has 24 heavy (non-hydrogen) atoms. The van der Waals surface area contributed by atoms with E-state index < -0.39 is 17.3 Å². The van der Waals surface area contributed by atoms with Gasteiger partial charge in [0.1, 0.15) is 22.7 Å². The van der Waals surface area contributed by atoms with E-state index in [9.17, 15) is 19.1 Å². The third-order valence-electron chi connectivity index (χ3n) is 3.82. The lowest BCUT2D eigenvalue weighted by Crippen LogP contribution is -2.43. The van der Waals surface area contributed by atoms with Crippen LogP contribution in [-0.2, 0) is 16.1 Å². The Hall–Kier alpha value is -2.34. The Labute approximate surface area is 144 Å². The Morgan fingerprint density at radius 3 is 2.62 bits per heavy atom. The molecule has 0 aromatic heterocycles. The monoisotopic (exact) mass is 352 g/mol. The standard InChI is InChI=1S/C17H18ClFN2O3/c1-10-7-14(18)21(9-12-5-4-6-13(19)8-12)16(15(10)17(23)24)20(3)11(2)22/h4-8,14H,9H2,1-3H3,(H,23,24). The van der Waals surface area contributed by atoms with Crippen LogP contribution in [0.1, 0.15) is 19.4 Å². The average Bonchev–Trinajstić information content (AvgIpc) is 2.48. The van der Waals surface area contributed by atoms with Crippen LogP contribution in [0.3, 0.4) is 0 Å². The molecule has 0 saturated heterocycles. The number of carboxylic acid groups (broad SMARTS) is 1. The number of rotatable bonds is 4. The van der Waals surface area contributed by atoms with Gasteiger partial charge in [0, 0.05) is 20.5 Å². The molecular weight excluding hydrogens is 335 g/mol. The molecule has 1 aromatic rings. The first-order chi connectivity index (χ1) is 11.2. The van der Waals surface area contributed by atoms with Gasteiger partial charge < -0.3 is 14.9 Å². The lowest BCUT2D eigenvalue weighted by Gasteiger charge is -2.38. The second-order valence-corrected chi connectivity index (χ2v) is 6.01. The summed E-state index contributed by atoms with van der Waals surface area (Å²) in [6.07, 6.45) is 1.60. The van der Waals surface area contributed by atoms with E-state index >= 15 is 0 Å². The molecule has 0 radical (unpaired) electrons. The maximum Gasteiger partial charge on any atom is 0.339 e. The van der Waals surface area contributed by atoms with Crippen molar-refractivity contribution in [3.05, 3.63) is 58.7 Å². The summed E-state index contributed by atoms with van der Waals surface area (Å²) in [6.45, 7) is 3.13. The number of carbonyl (C=O) groups excluding carboxylic acids is 1. The first kappa shape index (κ1) is 18.0. The van der Waals surface area contributed by atoms with Gasteiger partial charge in [-0.25, -0.2) is 9.18 Å². The van der Waals surface area contributed by atoms with Crippen LogP contribution in [0.2, 0.25) is 0 Å². The molecule has 1 atom stereocenters. The number of alkyl halides is 1. The van der Waals surface area contributed by atoms with Gasteiger partial charge in [-0.3, -0.25) is 4.79 Å². The van der Waals surface area contributed by atoms with Crippen LogP contribution in [0.25, 0.3) is 0 Å². The SMILES string of the molecule is CC(=O)N(C)C1=C(C(=O)O)C(C)=CC(Cl)N1Cc1cccc(F)c1. The smallest absolute Gasteiger partial charge is 0.339 e. The predicted molar refractivity (Wildman–Crippen MR) is 88.4 cm³/mol. The molecule has 0 bridgehead atoms. The molecule has 1 N–H and O–H groups in total. The third kappa shape index (κ3) is 3.59. The summed E-state index contributed by atoms with van der Waals surface area (Å²) in [5, 5.41) is 9.56. The zero-order chi connectivity index (χ0) is 18.0. The number of benzene rings is 1. The van der Waals surface area contributed by atoms with E-state index in [4.69, 9.17) is 11.6 Å². The first-order valence-electron chi connectivity index (χ1n) is 7.28. The van der Waals surface area contributed by atoms with Crippen LogP contribution < -0.4 is 0 Å². The van der Waals surface area contributed by atoms with Crippen LogP contribution >= 0.6 is 11.6 Å². The van der Waals surface area contributed by atoms with Crippen LogP contribution in [-0.4, -0.2) is 39.3 Å². The molecule has 5 nitrogen and oxygen atoms in total. The normalized spacial score (nSPS) is 17.6. The van der Waals surface area contributed by atoms with Crippen molar-refractivity contribution in [1.82, 2.24) is 9.80 Å². The van der Waals surface area contributed by atoms with E-state index in [0.29, 0.717) is 11.1 Å². The fourth-order valence-corrected chi connectivity index (χ4v) is 2.93. The highest BCUT2D eigenvalue weighted by molar-refractivity contribution is 6.22. The lowest BCUT2D eigenvalue weighted by molar-refractivity contribution is -0.132. The van der Waals surface area contributed by atoms with Crippen molar-refractivity contribution < 1.29 is 19.1 Å². The number of carbonyl (C=O) groups is 2. The molecular formula is C17H18ClFN2O3. The predicted octanol–water partition coefficient (Wildman–Crippen LogP) is 2.93. The van der Waals surface area contributed by atoms with E-state index in [2.05, 4.69) is 0 Å². The van der Waals surface area contributed by atoms with Crippen molar-refractivity contribution in [1.29, 1.82) is 0 Å². The zero-order valence-corrected chi connectivity index (χ0v) is 14.3. The fourth-order valence-electron chi connectivity index (χ4n) is 2.58. The molecule has 1 heterocycles. The lowest BCUT2D eigenvalue weighted by atomic mass is 10.0. The number of halogens is 2. The number of hydrogen-bond donors (Lipinski definition) is 1. The van der Waals surface area contributed by atoms with Gasteiger partial charge >= 0.3 is 5.97 Å². The highest BCUT2D eigenvalue weighted by Crippen LogP contribution is 2.32. The molecule has 2 rings (SSSR count). The van der Waals surface area contributed by atoms with E-state index in [1.54, 1.807) is 30.0 Å². The van der Waals surface area contributed by atoms with Gasteiger partial charge in [0.05, 0.1) is 0 Å². The van der Waals surface area contributed by atoms with Gasteiger partial charge in [-0.1, -0.05) is 23.7 Å². The summed E-state index contributed by atoms with van der Waals surface area (Å²) < 4.78 is 13.4. The third-order valence-corrected chi connectivity index (χ3v) is 4.18. The Balaban J connectivity index is 2.54. The van der Waals surface area contributed by atoms with Gasteiger partial charge in [0.2, 0.25) is 5.91 Å². The van der Waals surface area contributed by atoms with Crippen molar-refractivity contribution >= 4 is 23.5 Å². The summed E-state index contributed by atoms with van der Waals surface area (Å²) in [6, 6.07) is 5.95. The van der Waals surface area contributed by atoms with Crippen LogP contribution in [0.4, 0.5) is 4.39 Å². The molecule has 1 amide bonds. The van der Waals surface area contributed by atoms with Gasteiger partial charge in [-0.05, 0) is 36.3 Å². The van der Waals surface area contributed by atoms with E-state index in [1.165, 1.54) is 31.0 Å². The highest BCUT2D eigenvalue weighted by Gasteiger charge is 2.33. The van der Waals surface area contributed by atoms with E-state index in [1.807, 2.05) is 0 Å². The molecule has 0 spiro atoms. The van der Waals surface area contributed by atoms with E-state index in [-0.39, 0.29) is 23.8 Å². The quantitative estimate of drug-likeness (QED) is 0.668. The van der Waals surface area contributed by atoms with Crippen molar-refractivity contribution in [3.63, 3.8) is 0 Å². The zero-order valence-electron chi connectivity index (χ0n) is 13.6. The second-order valence-electron chi connectivity index (χ2n) is 5.56. The number of hydrogen-bond acceptors (Lipinski definition) is 3. The molecule has 7 heteroatoms. The topological polar surface area (TPSA) is 60.9 Å². The van der Waals surface area contributed by atoms with Crippen molar-refractivity contribution in [2.75, 3.05) is 7.05 Å². The number of aliphatic carboxylic acids is 1. The van der Waals surface area contributed by atoms with Gasteiger partial charge in [-0.15, -0.1) is 0 Å². The molecule has 1 aliphatic rings. The average molecular weight is 353 g/mol. The Bertz CT molecular complexity index is 745. The van der Waals surface area contributed by atoms with Crippen molar-refractivity contribution in [3.8, 4) is 0 Å². The number of carboxylic acids is 1. The number of nitrogens with zero attached hydrogens (tertiary/aromatic N) is 2. The van der Waals surface area contributed by atoms with Crippen molar-refractivity contribution in [2.45, 2.75) is 25.9 Å². The molecule has 0 fully saturated rings. The van der Waals surface area contributed by atoms with Crippen LogP contribution in [0, 0.1) is 5.82 Å². The Kier molecular flexibility index (Phi) is 5.29. The van der Waals surface area contributed by atoms with Gasteiger partial charge in [-0.2, -0.15) is 0 Å². The minimum Gasteiger partial charge on any atom is -0.478 e. The largest absolute Gasteiger partial charge is 0.478 e. The minimum atomic E-state index is -1.15. The van der Waals surface area contributed by atoms with Crippen molar-refractivity contribution in [2.24, 2.45) is 0 Å². The molecule has 0 saturated carbocycles. The maximum absolute atomic E-state index is 13.4. The number of amides is 1. The van der Waals surface area contributed by atoms with Crippen LogP contribution in [0.5, 0.6) is 0 Å². The summed E-state index contributed by atoms with van der Waals surface area (Å²) in [5.41, 5.74) is 0.433. The summed E-state index contributed by atoms with van der Waals surface area (Å²) >= 11 is 6.37. The Morgan fingerprint density at radius 1 is 1.42 bits per heavy atom. The maximum atomic E-state index is 13.4.